The summed E-state index contributed by atoms with van der Waals surface area (Å²) < 4.78 is 32.3. The van der Waals surface area contributed by atoms with Crippen molar-refractivity contribution in [1.29, 1.82) is 0 Å². The number of anilines is 1. The van der Waals surface area contributed by atoms with Gasteiger partial charge in [-0.15, -0.1) is 0 Å². The molecule has 1 aromatic heterocycles. The van der Waals surface area contributed by atoms with Crippen molar-refractivity contribution >= 4 is 28.5 Å². The molecule has 0 saturated heterocycles. The first-order valence-corrected chi connectivity index (χ1v) is 9.29. The maximum absolute atomic E-state index is 13.7. The van der Waals surface area contributed by atoms with Gasteiger partial charge in [0.2, 0.25) is 0 Å². The highest BCUT2D eigenvalue weighted by molar-refractivity contribution is 6.05. The Morgan fingerprint density at radius 1 is 1.14 bits per heavy atom. The van der Waals surface area contributed by atoms with Crippen molar-refractivity contribution in [3.8, 4) is 0 Å². The van der Waals surface area contributed by atoms with Gasteiger partial charge < -0.3 is 10.1 Å². The van der Waals surface area contributed by atoms with Crippen LogP contribution in [0.5, 0.6) is 0 Å². The Labute approximate surface area is 165 Å². The molecule has 4 rings (SSSR count). The van der Waals surface area contributed by atoms with E-state index in [-0.39, 0.29) is 5.69 Å². The van der Waals surface area contributed by atoms with Gasteiger partial charge in [-0.2, -0.15) is 0 Å². The van der Waals surface area contributed by atoms with E-state index in [1.165, 1.54) is 6.92 Å². The first-order chi connectivity index (χ1) is 13.9. The number of carbonyl (C=O) groups excluding carboxylic acids is 2. The Bertz CT molecular complexity index is 1110. The zero-order valence-corrected chi connectivity index (χ0v) is 15.6. The molecule has 1 N–H and O–H groups in total. The van der Waals surface area contributed by atoms with E-state index in [0.717, 1.165) is 36.7 Å². The van der Waals surface area contributed by atoms with Crippen LogP contribution in [0.4, 0.5) is 14.5 Å². The lowest BCUT2D eigenvalue weighted by molar-refractivity contribution is -0.123. The van der Waals surface area contributed by atoms with Crippen molar-refractivity contribution < 1.29 is 23.1 Å². The standard InChI is InChI=1S/C22H18F2N2O3/c1-12(21(27)26-20-10-14(23)8-9-17(20)24)29-22(28)16-11-19(13-6-7-13)25-18-5-3-2-4-15(16)18/h2-5,8-13H,6-7H2,1H3,(H,26,27). The number of benzene rings is 2. The van der Waals surface area contributed by atoms with Crippen LogP contribution in [0.3, 0.4) is 0 Å². The molecule has 29 heavy (non-hydrogen) atoms. The van der Waals surface area contributed by atoms with Crippen LogP contribution in [0.2, 0.25) is 0 Å². The molecule has 1 aliphatic rings. The van der Waals surface area contributed by atoms with Gasteiger partial charge in [-0.05, 0) is 44.0 Å². The number of esters is 1. The average molecular weight is 396 g/mol. The highest BCUT2D eigenvalue weighted by atomic mass is 19.1. The number of aromatic nitrogens is 1. The number of halogens is 2. The molecule has 3 aromatic rings. The van der Waals surface area contributed by atoms with E-state index in [0.29, 0.717) is 22.4 Å². The number of carbonyl (C=O) groups is 2. The number of hydrogen-bond donors (Lipinski definition) is 1. The van der Waals surface area contributed by atoms with Gasteiger partial charge >= 0.3 is 5.97 Å². The van der Waals surface area contributed by atoms with Crippen molar-refractivity contribution in [3.05, 3.63) is 71.4 Å². The van der Waals surface area contributed by atoms with E-state index < -0.39 is 29.6 Å². The van der Waals surface area contributed by atoms with E-state index in [1.807, 2.05) is 12.1 Å². The monoisotopic (exact) mass is 396 g/mol. The molecular weight excluding hydrogens is 378 g/mol. The Morgan fingerprint density at radius 2 is 1.90 bits per heavy atom. The summed E-state index contributed by atoms with van der Waals surface area (Å²) in [6.45, 7) is 1.37. The fraction of sp³-hybridized carbons (Fsp3) is 0.227. The highest BCUT2D eigenvalue weighted by Crippen LogP contribution is 2.40. The summed E-state index contributed by atoms with van der Waals surface area (Å²) in [5.41, 5.74) is 1.52. The summed E-state index contributed by atoms with van der Waals surface area (Å²) in [6.07, 6.45) is 0.844. The van der Waals surface area contributed by atoms with Gasteiger partial charge in [0.15, 0.2) is 6.10 Å². The van der Waals surface area contributed by atoms with Gasteiger partial charge in [-0.25, -0.2) is 13.6 Å². The minimum atomic E-state index is -1.21. The number of nitrogens with one attached hydrogen (secondary N) is 1. The summed E-state index contributed by atoms with van der Waals surface area (Å²) in [7, 11) is 0. The largest absolute Gasteiger partial charge is 0.449 e. The van der Waals surface area contributed by atoms with E-state index >= 15 is 0 Å². The van der Waals surface area contributed by atoms with Crippen LogP contribution in [0.15, 0.2) is 48.5 Å². The van der Waals surface area contributed by atoms with Gasteiger partial charge in [0.05, 0.1) is 16.8 Å². The first kappa shape index (κ1) is 19.0. The quantitative estimate of drug-likeness (QED) is 0.642. The molecule has 0 aliphatic heterocycles. The van der Waals surface area contributed by atoms with Crippen molar-refractivity contribution in [2.24, 2.45) is 0 Å². The summed E-state index contributed by atoms with van der Waals surface area (Å²) >= 11 is 0. The molecule has 1 amide bonds. The van der Waals surface area contributed by atoms with Gasteiger partial charge in [0, 0.05) is 23.1 Å². The minimum Gasteiger partial charge on any atom is -0.449 e. The molecule has 1 fully saturated rings. The Kier molecular flexibility index (Phi) is 4.96. The predicted octanol–water partition coefficient (Wildman–Crippen LogP) is 4.57. The number of fused-ring (bicyclic) bond motifs is 1. The van der Waals surface area contributed by atoms with Gasteiger partial charge in [0.25, 0.3) is 5.91 Å². The van der Waals surface area contributed by atoms with Gasteiger partial charge in [-0.3, -0.25) is 9.78 Å². The van der Waals surface area contributed by atoms with Crippen molar-refractivity contribution in [1.82, 2.24) is 4.98 Å². The third-order valence-electron chi connectivity index (χ3n) is 4.79. The zero-order valence-electron chi connectivity index (χ0n) is 15.6. The Balaban J connectivity index is 1.54. The summed E-state index contributed by atoms with van der Waals surface area (Å²) in [4.78, 5) is 29.7. The molecule has 1 atom stereocenters. The molecule has 0 bridgehead atoms. The topological polar surface area (TPSA) is 68.3 Å². The minimum absolute atomic E-state index is 0.316. The second-order valence-corrected chi connectivity index (χ2v) is 7.05. The van der Waals surface area contributed by atoms with Crippen LogP contribution < -0.4 is 5.32 Å². The van der Waals surface area contributed by atoms with Crippen LogP contribution in [0.1, 0.15) is 41.7 Å². The molecule has 5 nitrogen and oxygen atoms in total. The predicted molar refractivity (Wildman–Crippen MR) is 104 cm³/mol. The summed E-state index contributed by atoms with van der Waals surface area (Å²) in [5, 5.41) is 2.87. The van der Waals surface area contributed by atoms with Crippen LogP contribution in [-0.4, -0.2) is 23.0 Å². The molecule has 1 aliphatic carbocycles. The maximum atomic E-state index is 13.7. The molecule has 1 saturated carbocycles. The Hall–Kier alpha value is -3.35. The maximum Gasteiger partial charge on any atom is 0.339 e. The molecule has 148 valence electrons. The van der Waals surface area contributed by atoms with Crippen LogP contribution in [-0.2, 0) is 9.53 Å². The number of rotatable bonds is 5. The fourth-order valence-electron chi connectivity index (χ4n) is 3.06. The number of pyridine rings is 1. The van der Waals surface area contributed by atoms with E-state index in [9.17, 15) is 18.4 Å². The Morgan fingerprint density at radius 3 is 2.66 bits per heavy atom. The first-order valence-electron chi connectivity index (χ1n) is 9.29. The molecule has 1 heterocycles. The third-order valence-corrected chi connectivity index (χ3v) is 4.79. The SMILES string of the molecule is CC(OC(=O)c1cc(C2CC2)nc2ccccc12)C(=O)Nc1cc(F)ccc1F. The average Bonchev–Trinajstić information content (AvgIpc) is 3.55. The third kappa shape index (κ3) is 4.08. The van der Waals surface area contributed by atoms with Crippen molar-refractivity contribution in [2.75, 3.05) is 5.32 Å². The number of amides is 1. The highest BCUT2D eigenvalue weighted by Gasteiger charge is 2.28. The second-order valence-electron chi connectivity index (χ2n) is 7.05. The number of hydrogen-bond acceptors (Lipinski definition) is 4. The van der Waals surface area contributed by atoms with Crippen LogP contribution >= 0.6 is 0 Å². The lowest BCUT2D eigenvalue weighted by Gasteiger charge is -2.15. The number of para-hydroxylation sites is 1. The van der Waals surface area contributed by atoms with E-state index in [4.69, 9.17) is 4.74 Å². The normalized spacial score (nSPS) is 14.4. The van der Waals surface area contributed by atoms with Crippen molar-refractivity contribution in [2.45, 2.75) is 31.8 Å². The van der Waals surface area contributed by atoms with Crippen molar-refractivity contribution in [3.63, 3.8) is 0 Å². The smallest absolute Gasteiger partial charge is 0.339 e. The van der Waals surface area contributed by atoms with E-state index in [1.54, 1.807) is 18.2 Å². The summed E-state index contributed by atoms with van der Waals surface area (Å²) in [5.74, 6) is -2.57. The van der Waals surface area contributed by atoms with Crippen LogP contribution in [0, 0.1) is 11.6 Å². The lowest BCUT2D eigenvalue weighted by Crippen LogP contribution is -2.30. The molecule has 1 unspecified atom stereocenters. The molecule has 2 aromatic carbocycles. The van der Waals surface area contributed by atoms with Crippen LogP contribution in [0.25, 0.3) is 10.9 Å². The number of nitrogens with zero attached hydrogens (tertiary/aromatic N) is 1. The zero-order chi connectivity index (χ0) is 20.5. The van der Waals surface area contributed by atoms with Gasteiger partial charge in [-0.1, -0.05) is 18.2 Å². The van der Waals surface area contributed by atoms with Gasteiger partial charge in [0.1, 0.15) is 11.6 Å². The summed E-state index contributed by atoms with van der Waals surface area (Å²) in [6, 6.07) is 11.6. The second kappa shape index (κ2) is 7.58. The molecular formula is C22H18F2N2O3. The van der Waals surface area contributed by atoms with E-state index in [2.05, 4.69) is 10.3 Å². The molecule has 0 radical (unpaired) electrons. The molecule has 7 heteroatoms. The number of ether oxygens (including phenoxy) is 1. The fourth-order valence-corrected chi connectivity index (χ4v) is 3.06. The molecule has 0 spiro atoms. The lowest BCUT2D eigenvalue weighted by atomic mass is 10.1.